The van der Waals surface area contributed by atoms with Gasteiger partial charge in [0.15, 0.2) is 0 Å². The first-order valence-electron chi connectivity index (χ1n) is 7.74. The van der Waals surface area contributed by atoms with Gasteiger partial charge < -0.3 is 10.2 Å². The van der Waals surface area contributed by atoms with Gasteiger partial charge in [0.05, 0.1) is 0 Å². The van der Waals surface area contributed by atoms with Crippen LogP contribution in [0.5, 0.6) is 0 Å². The van der Waals surface area contributed by atoms with Crippen molar-refractivity contribution < 1.29 is 0 Å². The van der Waals surface area contributed by atoms with Crippen LogP contribution >= 0.6 is 0 Å². The average Bonchev–Trinajstić information content (AvgIpc) is 2.28. The highest BCUT2D eigenvalue weighted by Gasteiger charge is 2.25. The van der Waals surface area contributed by atoms with Crippen molar-refractivity contribution in [2.45, 2.75) is 59.9 Å². The van der Waals surface area contributed by atoms with Gasteiger partial charge in [-0.15, -0.1) is 0 Å². The van der Waals surface area contributed by atoms with Gasteiger partial charge in [-0.25, -0.2) is 0 Å². The minimum Gasteiger partial charge on any atom is -0.316 e. The van der Waals surface area contributed by atoms with Crippen LogP contribution in [0.3, 0.4) is 0 Å². The van der Waals surface area contributed by atoms with E-state index in [1.165, 1.54) is 38.9 Å². The number of hydrogen-bond acceptors (Lipinski definition) is 2. The fourth-order valence-corrected chi connectivity index (χ4v) is 3.17. The molecule has 108 valence electrons. The number of likely N-dealkylation sites (tertiary alicyclic amines) is 1. The molecule has 1 unspecified atom stereocenters. The van der Waals surface area contributed by atoms with E-state index in [2.05, 4.69) is 51.9 Å². The summed E-state index contributed by atoms with van der Waals surface area (Å²) in [6, 6.07) is 0.625. The lowest BCUT2D eigenvalue weighted by Gasteiger charge is -2.36. The van der Waals surface area contributed by atoms with Crippen molar-refractivity contribution in [3.63, 3.8) is 0 Å². The van der Waals surface area contributed by atoms with Gasteiger partial charge in [0, 0.05) is 6.04 Å². The molecule has 0 saturated carbocycles. The molecule has 1 N–H and O–H groups in total. The number of hydrogen-bond donors (Lipinski definition) is 1. The van der Waals surface area contributed by atoms with Crippen molar-refractivity contribution >= 4 is 0 Å². The van der Waals surface area contributed by atoms with Crippen LogP contribution in [0.1, 0.15) is 53.9 Å². The number of nitrogens with zero attached hydrogens (tertiary/aromatic N) is 1. The SMILES string of the molecule is CNC(CCN1CCC(C(C)C)CC1)C(C)(C)C. The molecule has 0 aromatic heterocycles. The van der Waals surface area contributed by atoms with Gasteiger partial charge in [-0.05, 0) is 63.2 Å². The first kappa shape index (κ1) is 16.0. The standard InChI is InChI=1S/C16H34N2/c1-13(2)14-7-10-18(11-8-14)12-9-15(17-6)16(3,4)5/h13-15,17H,7-12H2,1-6H3. The minimum absolute atomic E-state index is 0.366. The van der Waals surface area contributed by atoms with Crippen molar-refractivity contribution in [1.82, 2.24) is 10.2 Å². The maximum atomic E-state index is 3.48. The van der Waals surface area contributed by atoms with E-state index in [0.29, 0.717) is 11.5 Å². The van der Waals surface area contributed by atoms with Crippen molar-refractivity contribution in [1.29, 1.82) is 0 Å². The van der Waals surface area contributed by atoms with Crippen LogP contribution in [0.15, 0.2) is 0 Å². The van der Waals surface area contributed by atoms with Crippen LogP contribution in [0.4, 0.5) is 0 Å². The van der Waals surface area contributed by atoms with Gasteiger partial charge in [-0.2, -0.15) is 0 Å². The summed E-state index contributed by atoms with van der Waals surface area (Å²) in [4.78, 5) is 2.66. The molecule has 0 aromatic rings. The van der Waals surface area contributed by atoms with Crippen LogP contribution in [0.2, 0.25) is 0 Å². The lowest BCUT2D eigenvalue weighted by atomic mass is 9.84. The summed E-state index contributed by atoms with van der Waals surface area (Å²) in [7, 11) is 2.10. The second-order valence-corrected chi connectivity index (χ2v) is 7.42. The summed E-state index contributed by atoms with van der Waals surface area (Å²) in [5, 5.41) is 3.48. The Morgan fingerprint density at radius 2 is 1.72 bits per heavy atom. The Morgan fingerprint density at radius 3 is 2.11 bits per heavy atom. The molecule has 1 aliphatic rings. The van der Waals surface area contributed by atoms with E-state index < -0.39 is 0 Å². The summed E-state index contributed by atoms with van der Waals surface area (Å²) in [5.41, 5.74) is 0.366. The molecular weight excluding hydrogens is 220 g/mol. The molecule has 1 saturated heterocycles. The quantitative estimate of drug-likeness (QED) is 0.809. The largest absolute Gasteiger partial charge is 0.316 e. The monoisotopic (exact) mass is 254 g/mol. The normalized spacial score (nSPS) is 21.5. The number of piperidine rings is 1. The molecule has 0 spiro atoms. The van der Waals surface area contributed by atoms with Crippen LogP contribution in [-0.2, 0) is 0 Å². The van der Waals surface area contributed by atoms with Gasteiger partial charge in [-0.3, -0.25) is 0 Å². The first-order chi connectivity index (χ1) is 8.34. The van der Waals surface area contributed by atoms with Gasteiger partial charge in [0.25, 0.3) is 0 Å². The van der Waals surface area contributed by atoms with E-state index in [-0.39, 0.29) is 0 Å². The van der Waals surface area contributed by atoms with E-state index in [0.717, 1.165) is 11.8 Å². The third-order valence-electron chi connectivity index (χ3n) is 4.70. The Kier molecular flexibility index (Phi) is 6.13. The van der Waals surface area contributed by atoms with Crippen LogP contribution < -0.4 is 5.32 Å². The zero-order valence-electron chi connectivity index (χ0n) is 13.4. The van der Waals surface area contributed by atoms with Crippen LogP contribution in [0, 0.1) is 17.3 Å². The van der Waals surface area contributed by atoms with Crippen molar-refractivity contribution in [3.05, 3.63) is 0 Å². The molecule has 0 amide bonds. The predicted molar refractivity (Wildman–Crippen MR) is 80.9 cm³/mol. The lowest BCUT2D eigenvalue weighted by molar-refractivity contribution is 0.142. The molecule has 1 heterocycles. The fourth-order valence-electron chi connectivity index (χ4n) is 3.17. The van der Waals surface area contributed by atoms with Crippen molar-refractivity contribution in [3.8, 4) is 0 Å². The zero-order valence-corrected chi connectivity index (χ0v) is 13.4. The highest BCUT2D eigenvalue weighted by Crippen LogP contribution is 2.26. The molecule has 18 heavy (non-hydrogen) atoms. The second kappa shape index (κ2) is 6.91. The summed E-state index contributed by atoms with van der Waals surface area (Å²) in [6.07, 6.45) is 4.07. The lowest BCUT2D eigenvalue weighted by Crippen LogP contribution is -2.43. The Bertz CT molecular complexity index is 222. The van der Waals surface area contributed by atoms with Crippen molar-refractivity contribution in [2.75, 3.05) is 26.7 Å². The summed E-state index contributed by atoms with van der Waals surface area (Å²) < 4.78 is 0. The molecule has 0 bridgehead atoms. The maximum Gasteiger partial charge on any atom is 0.0125 e. The Labute approximate surface area is 115 Å². The highest BCUT2D eigenvalue weighted by molar-refractivity contribution is 4.81. The number of rotatable bonds is 5. The van der Waals surface area contributed by atoms with E-state index in [1.54, 1.807) is 0 Å². The summed E-state index contributed by atoms with van der Waals surface area (Å²) in [6.45, 7) is 15.6. The molecular formula is C16H34N2. The van der Waals surface area contributed by atoms with Gasteiger partial charge >= 0.3 is 0 Å². The maximum absolute atomic E-state index is 3.48. The molecule has 2 nitrogen and oxygen atoms in total. The first-order valence-corrected chi connectivity index (χ1v) is 7.74. The van der Waals surface area contributed by atoms with E-state index in [4.69, 9.17) is 0 Å². The van der Waals surface area contributed by atoms with E-state index in [1.807, 2.05) is 0 Å². The van der Waals surface area contributed by atoms with E-state index in [9.17, 15) is 0 Å². The highest BCUT2D eigenvalue weighted by atomic mass is 15.1. The molecule has 0 radical (unpaired) electrons. The molecule has 1 rings (SSSR count). The second-order valence-electron chi connectivity index (χ2n) is 7.42. The Hall–Kier alpha value is -0.0800. The van der Waals surface area contributed by atoms with Gasteiger partial charge in [0.2, 0.25) is 0 Å². The van der Waals surface area contributed by atoms with Crippen LogP contribution in [-0.4, -0.2) is 37.6 Å². The number of nitrogens with one attached hydrogen (secondary N) is 1. The average molecular weight is 254 g/mol. The Morgan fingerprint density at radius 1 is 1.17 bits per heavy atom. The predicted octanol–water partition coefficient (Wildman–Crippen LogP) is 3.38. The minimum atomic E-state index is 0.366. The third-order valence-corrected chi connectivity index (χ3v) is 4.70. The molecule has 2 heteroatoms. The Balaban J connectivity index is 2.29. The van der Waals surface area contributed by atoms with Gasteiger partial charge in [-0.1, -0.05) is 34.6 Å². The van der Waals surface area contributed by atoms with Crippen LogP contribution in [0.25, 0.3) is 0 Å². The zero-order chi connectivity index (χ0) is 13.8. The van der Waals surface area contributed by atoms with Crippen molar-refractivity contribution in [2.24, 2.45) is 17.3 Å². The molecule has 1 atom stereocenters. The molecule has 0 aromatic carbocycles. The molecule has 1 fully saturated rings. The fraction of sp³-hybridized carbons (Fsp3) is 1.00. The topological polar surface area (TPSA) is 15.3 Å². The summed E-state index contributed by atoms with van der Waals surface area (Å²) >= 11 is 0. The third kappa shape index (κ3) is 4.89. The smallest absolute Gasteiger partial charge is 0.0125 e. The van der Waals surface area contributed by atoms with E-state index >= 15 is 0 Å². The molecule has 0 aliphatic carbocycles. The molecule has 1 aliphatic heterocycles. The van der Waals surface area contributed by atoms with Gasteiger partial charge in [0.1, 0.15) is 0 Å². The summed E-state index contributed by atoms with van der Waals surface area (Å²) in [5.74, 6) is 1.83.